The summed E-state index contributed by atoms with van der Waals surface area (Å²) in [5.74, 6) is 1.12. The van der Waals surface area contributed by atoms with Crippen LogP contribution in [0, 0.1) is 0 Å². The van der Waals surface area contributed by atoms with Crippen molar-refractivity contribution in [2.45, 2.75) is 45.8 Å². The van der Waals surface area contributed by atoms with Gasteiger partial charge in [-0.05, 0) is 6.42 Å². The fourth-order valence-corrected chi connectivity index (χ4v) is 2.36. The first-order valence-electron chi connectivity index (χ1n) is 5.32. The topological polar surface area (TPSA) is 49.3 Å². The minimum atomic E-state index is -0.855. The molecule has 0 bridgehead atoms. The third-order valence-electron chi connectivity index (χ3n) is 1.87. The monoisotopic (exact) mass is 221 g/mol. The Kier molecular flexibility index (Phi) is 8.43. The molecule has 2 unspecified atom stereocenters. The molecule has 0 fully saturated rings. The van der Waals surface area contributed by atoms with Crippen LogP contribution in [0.15, 0.2) is 0 Å². The van der Waals surface area contributed by atoms with Gasteiger partial charge in [-0.1, -0.05) is 27.2 Å². The second kappa shape index (κ2) is 8.38. The fourth-order valence-electron chi connectivity index (χ4n) is 1.03. The second-order valence-electron chi connectivity index (χ2n) is 3.88. The normalized spacial score (nSPS) is 15.8. The van der Waals surface area contributed by atoms with Gasteiger partial charge < -0.3 is 10.4 Å². The molecule has 3 nitrogen and oxygen atoms in total. The lowest BCUT2D eigenvalue weighted by molar-refractivity contribution is 0.191. The summed E-state index contributed by atoms with van der Waals surface area (Å²) in [6.45, 7) is 6.67. The number of unbranched alkanes of at least 4 members (excludes halogenated alkanes) is 1. The lowest BCUT2D eigenvalue weighted by Crippen LogP contribution is -2.35. The van der Waals surface area contributed by atoms with Gasteiger partial charge >= 0.3 is 0 Å². The lowest BCUT2D eigenvalue weighted by Gasteiger charge is -2.13. The van der Waals surface area contributed by atoms with Crippen LogP contribution in [-0.4, -0.2) is 39.5 Å². The van der Waals surface area contributed by atoms with Crippen LogP contribution < -0.4 is 5.32 Å². The van der Waals surface area contributed by atoms with E-state index in [9.17, 15) is 9.32 Å². The minimum absolute atomic E-state index is 0.369. The SMILES string of the molecule is CCCCS(=O)CC(O)CNC(C)C. The zero-order valence-corrected chi connectivity index (χ0v) is 10.3. The number of hydrogen-bond donors (Lipinski definition) is 2. The Bertz CT molecular complexity index is 162. The third kappa shape index (κ3) is 8.66. The van der Waals surface area contributed by atoms with E-state index in [1.807, 2.05) is 13.8 Å². The van der Waals surface area contributed by atoms with Gasteiger partial charge in [0.1, 0.15) is 0 Å². The highest BCUT2D eigenvalue weighted by Crippen LogP contribution is 1.95. The van der Waals surface area contributed by atoms with Crippen molar-refractivity contribution in [1.29, 1.82) is 0 Å². The van der Waals surface area contributed by atoms with Crippen LogP contribution in [-0.2, 0) is 10.8 Å². The van der Waals surface area contributed by atoms with Crippen LogP contribution >= 0.6 is 0 Å². The quantitative estimate of drug-likeness (QED) is 0.640. The van der Waals surface area contributed by atoms with Crippen LogP contribution in [0.4, 0.5) is 0 Å². The van der Waals surface area contributed by atoms with Crippen LogP contribution in [0.25, 0.3) is 0 Å². The summed E-state index contributed by atoms with van der Waals surface area (Å²) in [7, 11) is -0.855. The number of hydrogen-bond acceptors (Lipinski definition) is 3. The number of aliphatic hydroxyl groups excluding tert-OH is 1. The van der Waals surface area contributed by atoms with Gasteiger partial charge in [0.05, 0.1) is 11.9 Å². The average molecular weight is 221 g/mol. The first-order valence-corrected chi connectivity index (χ1v) is 6.81. The largest absolute Gasteiger partial charge is 0.391 e. The Balaban J connectivity index is 3.50. The zero-order chi connectivity index (χ0) is 11.0. The first kappa shape index (κ1) is 14.1. The molecule has 0 aromatic heterocycles. The number of rotatable bonds is 8. The van der Waals surface area contributed by atoms with E-state index in [0.717, 1.165) is 18.6 Å². The van der Waals surface area contributed by atoms with E-state index in [1.54, 1.807) is 0 Å². The van der Waals surface area contributed by atoms with Gasteiger partial charge in [0, 0.05) is 29.1 Å². The maximum Gasteiger partial charge on any atom is 0.0779 e. The van der Waals surface area contributed by atoms with E-state index >= 15 is 0 Å². The Hall–Kier alpha value is 0.0700. The zero-order valence-electron chi connectivity index (χ0n) is 9.45. The predicted molar refractivity (Wildman–Crippen MR) is 61.9 cm³/mol. The number of nitrogens with one attached hydrogen (secondary N) is 1. The molecule has 2 atom stereocenters. The Labute approximate surface area is 89.7 Å². The minimum Gasteiger partial charge on any atom is -0.391 e. The van der Waals surface area contributed by atoms with Crippen molar-refractivity contribution in [2.24, 2.45) is 0 Å². The maximum absolute atomic E-state index is 11.4. The molecule has 0 saturated heterocycles. The molecule has 14 heavy (non-hydrogen) atoms. The van der Waals surface area contributed by atoms with Gasteiger partial charge in [-0.3, -0.25) is 4.21 Å². The molecule has 0 aromatic carbocycles. The highest BCUT2D eigenvalue weighted by molar-refractivity contribution is 7.85. The molecule has 0 rings (SSSR count). The van der Waals surface area contributed by atoms with Crippen molar-refractivity contribution >= 4 is 10.8 Å². The fraction of sp³-hybridized carbons (Fsp3) is 1.00. The lowest BCUT2D eigenvalue weighted by atomic mass is 10.3. The Morgan fingerprint density at radius 1 is 1.43 bits per heavy atom. The van der Waals surface area contributed by atoms with E-state index in [1.165, 1.54) is 0 Å². The Morgan fingerprint density at radius 2 is 2.07 bits per heavy atom. The molecule has 0 radical (unpaired) electrons. The Morgan fingerprint density at radius 3 is 2.57 bits per heavy atom. The van der Waals surface area contributed by atoms with Gasteiger partial charge in [0.15, 0.2) is 0 Å². The molecule has 0 heterocycles. The van der Waals surface area contributed by atoms with E-state index in [4.69, 9.17) is 0 Å². The van der Waals surface area contributed by atoms with Crippen molar-refractivity contribution in [2.75, 3.05) is 18.1 Å². The molecule has 4 heteroatoms. The van der Waals surface area contributed by atoms with Crippen molar-refractivity contribution in [3.05, 3.63) is 0 Å². The summed E-state index contributed by atoms with van der Waals surface area (Å²) < 4.78 is 11.4. The van der Waals surface area contributed by atoms with Crippen molar-refractivity contribution in [3.63, 3.8) is 0 Å². The summed E-state index contributed by atoms with van der Waals surface area (Å²) in [6.07, 6.45) is 1.57. The van der Waals surface area contributed by atoms with E-state index in [2.05, 4.69) is 12.2 Å². The summed E-state index contributed by atoms with van der Waals surface area (Å²) in [6, 6.07) is 0.369. The van der Waals surface area contributed by atoms with Gasteiger partial charge in [0.25, 0.3) is 0 Å². The van der Waals surface area contributed by atoms with Gasteiger partial charge in [0.2, 0.25) is 0 Å². The van der Waals surface area contributed by atoms with Gasteiger partial charge in [-0.25, -0.2) is 0 Å². The molecule has 0 amide bonds. The summed E-state index contributed by atoms with van der Waals surface area (Å²) in [5.41, 5.74) is 0. The molecule has 0 aliphatic heterocycles. The van der Waals surface area contributed by atoms with Crippen LogP contribution in [0.5, 0.6) is 0 Å². The summed E-state index contributed by atoms with van der Waals surface area (Å²) >= 11 is 0. The first-order chi connectivity index (χ1) is 6.56. The van der Waals surface area contributed by atoms with Gasteiger partial charge in [-0.15, -0.1) is 0 Å². The van der Waals surface area contributed by atoms with Crippen LogP contribution in [0.3, 0.4) is 0 Å². The smallest absolute Gasteiger partial charge is 0.0779 e. The molecule has 0 saturated carbocycles. The maximum atomic E-state index is 11.4. The second-order valence-corrected chi connectivity index (χ2v) is 5.50. The molecule has 0 aromatic rings. The van der Waals surface area contributed by atoms with Crippen LogP contribution in [0.2, 0.25) is 0 Å². The summed E-state index contributed by atoms with van der Waals surface area (Å²) in [5, 5.41) is 12.6. The standard InChI is InChI=1S/C10H23NO2S/c1-4-5-6-14(13)8-10(12)7-11-9(2)3/h9-12H,4-8H2,1-3H3. The van der Waals surface area contributed by atoms with Gasteiger partial charge in [-0.2, -0.15) is 0 Å². The van der Waals surface area contributed by atoms with Crippen molar-refractivity contribution in [1.82, 2.24) is 5.32 Å². The van der Waals surface area contributed by atoms with E-state index in [0.29, 0.717) is 18.3 Å². The molecule has 0 aliphatic carbocycles. The average Bonchev–Trinajstić information content (AvgIpc) is 2.11. The third-order valence-corrected chi connectivity index (χ3v) is 3.37. The molecular weight excluding hydrogens is 198 g/mol. The predicted octanol–water partition coefficient (Wildman–Crippen LogP) is 0.894. The van der Waals surface area contributed by atoms with Crippen molar-refractivity contribution < 1.29 is 9.32 Å². The number of aliphatic hydroxyl groups is 1. The molecule has 86 valence electrons. The van der Waals surface area contributed by atoms with Crippen molar-refractivity contribution in [3.8, 4) is 0 Å². The highest BCUT2D eigenvalue weighted by atomic mass is 32.2. The van der Waals surface area contributed by atoms with E-state index in [-0.39, 0.29) is 0 Å². The molecule has 0 aliphatic rings. The molecule has 2 N–H and O–H groups in total. The van der Waals surface area contributed by atoms with Crippen LogP contribution in [0.1, 0.15) is 33.6 Å². The highest BCUT2D eigenvalue weighted by Gasteiger charge is 2.09. The van der Waals surface area contributed by atoms with E-state index < -0.39 is 16.9 Å². The summed E-state index contributed by atoms with van der Waals surface area (Å²) in [4.78, 5) is 0. The molecular formula is C10H23NO2S. The molecule has 0 spiro atoms.